The second-order valence-electron chi connectivity index (χ2n) is 5.56. The molecule has 2 N–H and O–H groups in total. The number of nitrogens with one attached hydrogen (secondary N) is 2. The lowest BCUT2D eigenvalue weighted by Gasteiger charge is -2.20. The first-order chi connectivity index (χ1) is 11.0. The Morgan fingerprint density at radius 2 is 1.70 bits per heavy atom. The first-order valence-corrected chi connectivity index (χ1v) is 7.92. The minimum Gasteiger partial charge on any atom is -0.471 e. The lowest BCUT2D eigenvalue weighted by Crippen LogP contribution is -2.39. The molecule has 0 saturated heterocycles. The molecule has 4 nitrogen and oxygen atoms in total. The van der Waals surface area contributed by atoms with Crippen LogP contribution in [0.3, 0.4) is 0 Å². The molecule has 0 bridgehead atoms. The molecule has 0 aromatic heterocycles. The highest BCUT2D eigenvalue weighted by Crippen LogP contribution is 2.26. The molecule has 0 aliphatic carbocycles. The molecule has 5 heteroatoms. The molecule has 1 unspecified atom stereocenters. The molecule has 2 aromatic carbocycles. The number of ether oxygens (including phenoxy) is 1. The van der Waals surface area contributed by atoms with Gasteiger partial charge >= 0.3 is 6.03 Å². The molecule has 0 aliphatic rings. The van der Waals surface area contributed by atoms with Gasteiger partial charge in [-0.05, 0) is 48.7 Å². The molecule has 2 aromatic rings. The maximum atomic E-state index is 12.0. The third kappa shape index (κ3) is 5.18. The Kier molecular flexibility index (Phi) is 5.88. The molecule has 2 amide bonds. The average Bonchev–Trinajstić information content (AvgIpc) is 2.49. The van der Waals surface area contributed by atoms with Gasteiger partial charge in [0.2, 0.25) is 0 Å². The smallest absolute Gasteiger partial charge is 0.322 e. The van der Waals surface area contributed by atoms with Crippen LogP contribution in [-0.2, 0) is 0 Å². The molecule has 0 heterocycles. The minimum absolute atomic E-state index is 0.332. The fourth-order valence-corrected chi connectivity index (χ4v) is 2.30. The van der Waals surface area contributed by atoms with Crippen LogP contribution >= 0.6 is 11.6 Å². The molecule has 122 valence electrons. The van der Waals surface area contributed by atoms with E-state index in [9.17, 15) is 4.79 Å². The van der Waals surface area contributed by atoms with Gasteiger partial charge in [-0.1, -0.05) is 43.6 Å². The van der Waals surface area contributed by atoms with Crippen LogP contribution in [0.5, 0.6) is 5.75 Å². The van der Waals surface area contributed by atoms with Crippen molar-refractivity contribution in [2.24, 2.45) is 0 Å². The fraction of sp³-hybridized carbons (Fsp3) is 0.278. The molecule has 0 saturated carbocycles. The Morgan fingerprint density at radius 1 is 1.04 bits per heavy atom. The molecule has 2 rings (SSSR count). The SMILES string of the molecule is CC(NC(=O)Nc1ccc(Cl)cc1)Oc1ccccc1C(C)C. The van der Waals surface area contributed by atoms with E-state index in [0.29, 0.717) is 16.6 Å². The van der Waals surface area contributed by atoms with Crippen molar-refractivity contribution in [2.45, 2.75) is 32.9 Å². The quantitative estimate of drug-likeness (QED) is 0.756. The Labute approximate surface area is 141 Å². The Bertz CT molecular complexity index is 656. The molecular weight excluding hydrogens is 312 g/mol. The van der Waals surface area contributed by atoms with E-state index in [-0.39, 0.29) is 6.03 Å². The van der Waals surface area contributed by atoms with Gasteiger partial charge in [0.15, 0.2) is 6.23 Å². The Hall–Kier alpha value is -2.20. The van der Waals surface area contributed by atoms with Crippen molar-refractivity contribution >= 4 is 23.3 Å². The largest absolute Gasteiger partial charge is 0.471 e. The number of amides is 2. The minimum atomic E-state index is -0.456. The van der Waals surface area contributed by atoms with Gasteiger partial charge in [-0.2, -0.15) is 0 Å². The van der Waals surface area contributed by atoms with Gasteiger partial charge in [-0.25, -0.2) is 4.79 Å². The Balaban J connectivity index is 1.93. The number of benzene rings is 2. The van der Waals surface area contributed by atoms with Crippen LogP contribution < -0.4 is 15.4 Å². The average molecular weight is 333 g/mol. The lowest BCUT2D eigenvalue weighted by molar-refractivity contribution is 0.181. The summed E-state index contributed by atoms with van der Waals surface area (Å²) in [4.78, 5) is 12.0. The van der Waals surface area contributed by atoms with Gasteiger partial charge in [-0.15, -0.1) is 0 Å². The third-order valence-electron chi connectivity index (χ3n) is 3.28. The molecule has 0 spiro atoms. The van der Waals surface area contributed by atoms with E-state index in [1.54, 1.807) is 31.2 Å². The van der Waals surface area contributed by atoms with E-state index in [0.717, 1.165) is 11.3 Å². The summed E-state index contributed by atoms with van der Waals surface area (Å²) in [6.07, 6.45) is -0.456. The van der Waals surface area contributed by atoms with Gasteiger partial charge < -0.3 is 15.4 Å². The number of hydrogen-bond donors (Lipinski definition) is 2. The summed E-state index contributed by atoms with van der Waals surface area (Å²) in [6.45, 7) is 6.00. The van der Waals surface area contributed by atoms with Gasteiger partial charge in [0.05, 0.1) is 0 Å². The normalized spacial score (nSPS) is 11.9. The number of carbonyl (C=O) groups is 1. The van der Waals surface area contributed by atoms with E-state index in [1.807, 2.05) is 24.3 Å². The summed E-state index contributed by atoms with van der Waals surface area (Å²) < 4.78 is 5.84. The summed E-state index contributed by atoms with van der Waals surface area (Å²) in [5.41, 5.74) is 1.78. The zero-order valence-electron chi connectivity index (χ0n) is 13.5. The van der Waals surface area contributed by atoms with E-state index in [2.05, 4.69) is 24.5 Å². The number of rotatable bonds is 5. The number of hydrogen-bond acceptors (Lipinski definition) is 2. The summed E-state index contributed by atoms with van der Waals surface area (Å²) in [7, 11) is 0. The highest BCUT2D eigenvalue weighted by molar-refractivity contribution is 6.30. The molecule has 23 heavy (non-hydrogen) atoms. The number of halogens is 1. The second-order valence-corrected chi connectivity index (χ2v) is 5.99. The monoisotopic (exact) mass is 332 g/mol. The van der Waals surface area contributed by atoms with Crippen molar-refractivity contribution in [3.8, 4) is 5.75 Å². The Morgan fingerprint density at radius 3 is 2.35 bits per heavy atom. The van der Waals surface area contributed by atoms with E-state index in [1.165, 1.54) is 0 Å². The maximum Gasteiger partial charge on any atom is 0.322 e. The zero-order chi connectivity index (χ0) is 16.8. The number of carbonyl (C=O) groups excluding carboxylic acids is 1. The van der Waals surface area contributed by atoms with E-state index < -0.39 is 6.23 Å². The van der Waals surface area contributed by atoms with E-state index >= 15 is 0 Å². The highest BCUT2D eigenvalue weighted by Gasteiger charge is 2.12. The van der Waals surface area contributed by atoms with Crippen molar-refractivity contribution in [1.82, 2.24) is 5.32 Å². The van der Waals surface area contributed by atoms with Gasteiger partial charge in [0.1, 0.15) is 5.75 Å². The van der Waals surface area contributed by atoms with Crippen molar-refractivity contribution in [2.75, 3.05) is 5.32 Å². The number of anilines is 1. The van der Waals surface area contributed by atoms with Crippen LogP contribution in [0.25, 0.3) is 0 Å². The number of urea groups is 1. The molecule has 1 atom stereocenters. The van der Waals surface area contributed by atoms with Crippen LogP contribution in [0.15, 0.2) is 48.5 Å². The zero-order valence-corrected chi connectivity index (χ0v) is 14.2. The lowest BCUT2D eigenvalue weighted by atomic mass is 10.0. The topological polar surface area (TPSA) is 50.4 Å². The maximum absolute atomic E-state index is 12.0. The van der Waals surface area contributed by atoms with Crippen molar-refractivity contribution < 1.29 is 9.53 Å². The highest BCUT2D eigenvalue weighted by atomic mass is 35.5. The first kappa shape index (κ1) is 17.2. The van der Waals surface area contributed by atoms with Crippen LogP contribution in [-0.4, -0.2) is 12.3 Å². The van der Waals surface area contributed by atoms with Crippen LogP contribution in [0.2, 0.25) is 5.02 Å². The standard InChI is InChI=1S/C18H21ClN2O2/c1-12(2)16-6-4-5-7-17(16)23-13(3)20-18(22)21-15-10-8-14(19)9-11-15/h4-13H,1-3H3,(H2,20,21,22). The summed E-state index contributed by atoms with van der Waals surface area (Å²) in [5, 5.41) is 6.11. The molecule has 0 fully saturated rings. The van der Waals surface area contributed by atoms with Crippen molar-refractivity contribution in [3.63, 3.8) is 0 Å². The number of para-hydroxylation sites is 1. The van der Waals surface area contributed by atoms with Gasteiger partial charge in [0.25, 0.3) is 0 Å². The van der Waals surface area contributed by atoms with E-state index in [4.69, 9.17) is 16.3 Å². The second kappa shape index (κ2) is 7.88. The van der Waals surface area contributed by atoms with Crippen LogP contribution in [0.1, 0.15) is 32.3 Å². The van der Waals surface area contributed by atoms with Crippen molar-refractivity contribution in [3.05, 3.63) is 59.1 Å². The molecule has 0 radical (unpaired) electrons. The molecule has 0 aliphatic heterocycles. The molecular formula is C18H21ClN2O2. The van der Waals surface area contributed by atoms with Crippen LogP contribution in [0, 0.1) is 0 Å². The summed E-state index contributed by atoms with van der Waals surface area (Å²) >= 11 is 5.81. The summed E-state index contributed by atoms with van der Waals surface area (Å²) in [6, 6.07) is 14.4. The summed E-state index contributed by atoms with van der Waals surface area (Å²) in [5.74, 6) is 1.13. The van der Waals surface area contributed by atoms with Crippen LogP contribution in [0.4, 0.5) is 10.5 Å². The van der Waals surface area contributed by atoms with Gasteiger partial charge in [0, 0.05) is 10.7 Å². The first-order valence-electron chi connectivity index (χ1n) is 7.54. The van der Waals surface area contributed by atoms with Crippen molar-refractivity contribution in [1.29, 1.82) is 0 Å². The third-order valence-corrected chi connectivity index (χ3v) is 3.53. The predicted molar refractivity (Wildman–Crippen MR) is 94.2 cm³/mol. The fourth-order valence-electron chi connectivity index (χ4n) is 2.17. The predicted octanol–water partition coefficient (Wildman–Crippen LogP) is 5.01. The van der Waals surface area contributed by atoms with Gasteiger partial charge in [-0.3, -0.25) is 0 Å².